The van der Waals surface area contributed by atoms with Crippen LogP contribution in [0.15, 0.2) is 12.2 Å². The van der Waals surface area contributed by atoms with Crippen LogP contribution < -0.4 is 0 Å². The number of Topliss-reactive ketones (excluding diaryl/α,β-unsaturated/α-hetero) is 1. The topological polar surface area (TPSA) is 101 Å². The molecule has 0 aromatic heterocycles. The average molecular weight is 362 g/mol. The van der Waals surface area contributed by atoms with Crippen LogP contribution in [0, 0.1) is 17.8 Å². The van der Waals surface area contributed by atoms with Crippen molar-refractivity contribution in [1.82, 2.24) is 9.96 Å². The molecule has 2 aliphatic heterocycles. The predicted molar refractivity (Wildman–Crippen MR) is 87.9 cm³/mol. The Morgan fingerprint density at radius 1 is 1.08 bits per heavy atom. The summed E-state index contributed by atoms with van der Waals surface area (Å²) in [6, 6.07) is 0. The summed E-state index contributed by atoms with van der Waals surface area (Å²) in [6.45, 7) is 1.86. The highest BCUT2D eigenvalue weighted by Crippen LogP contribution is 2.31. The number of ketones is 1. The quantitative estimate of drug-likeness (QED) is 0.679. The van der Waals surface area contributed by atoms with Crippen molar-refractivity contribution < 1.29 is 28.8 Å². The highest BCUT2D eigenvalue weighted by Gasteiger charge is 2.36. The molecule has 0 spiro atoms. The van der Waals surface area contributed by atoms with E-state index in [0.29, 0.717) is 32.2 Å². The molecular weight excluding hydrogens is 340 g/mol. The van der Waals surface area contributed by atoms with Crippen LogP contribution in [0.3, 0.4) is 0 Å². The van der Waals surface area contributed by atoms with Gasteiger partial charge >= 0.3 is 5.97 Å². The van der Waals surface area contributed by atoms with Crippen LogP contribution in [0.4, 0.5) is 0 Å². The molecule has 1 saturated heterocycles. The summed E-state index contributed by atoms with van der Waals surface area (Å²) in [6.07, 6.45) is 5.12. The van der Waals surface area contributed by atoms with Gasteiger partial charge in [0.15, 0.2) is 5.78 Å². The van der Waals surface area contributed by atoms with Crippen LogP contribution in [0.25, 0.3) is 0 Å². The average Bonchev–Trinajstić information content (AvgIpc) is 2.92. The Labute approximate surface area is 151 Å². The Morgan fingerprint density at radius 2 is 1.69 bits per heavy atom. The molecule has 140 valence electrons. The van der Waals surface area contributed by atoms with Crippen LogP contribution >= 0.6 is 0 Å². The SMILES string of the molecule is CC1CC(=O)N(OC(=O)C2CCC(CN3C(=O)C=CC3=O)CC2)CC1=O. The fourth-order valence-electron chi connectivity index (χ4n) is 3.58. The minimum atomic E-state index is -0.492. The van der Waals surface area contributed by atoms with E-state index >= 15 is 0 Å². The van der Waals surface area contributed by atoms with Crippen LogP contribution in [-0.2, 0) is 28.8 Å². The van der Waals surface area contributed by atoms with Gasteiger partial charge in [0.05, 0.1) is 5.92 Å². The Morgan fingerprint density at radius 3 is 2.31 bits per heavy atom. The molecule has 1 aliphatic carbocycles. The van der Waals surface area contributed by atoms with Gasteiger partial charge in [0, 0.05) is 31.0 Å². The zero-order chi connectivity index (χ0) is 18.8. The Bertz CT molecular complexity index is 659. The third-order valence-electron chi connectivity index (χ3n) is 5.33. The molecule has 8 nitrogen and oxygen atoms in total. The monoisotopic (exact) mass is 362 g/mol. The molecule has 0 bridgehead atoms. The van der Waals surface area contributed by atoms with Gasteiger partial charge in [-0.15, -0.1) is 0 Å². The van der Waals surface area contributed by atoms with Crippen LogP contribution in [0.1, 0.15) is 39.0 Å². The molecule has 0 radical (unpaired) electrons. The van der Waals surface area contributed by atoms with Crippen molar-refractivity contribution in [2.24, 2.45) is 17.8 Å². The second-order valence-electron chi connectivity index (χ2n) is 7.25. The third-order valence-corrected chi connectivity index (χ3v) is 5.33. The van der Waals surface area contributed by atoms with Crippen molar-refractivity contribution in [3.63, 3.8) is 0 Å². The maximum absolute atomic E-state index is 12.3. The number of nitrogens with zero attached hydrogens (tertiary/aromatic N) is 2. The van der Waals surface area contributed by atoms with Gasteiger partial charge in [-0.25, -0.2) is 4.79 Å². The molecule has 1 saturated carbocycles. The van der Waals surface area contributed by atoms with Crippen LogP contribution in [-0.4, -0.2) is 52.5 Å². The van der Waals surface area contributed by atoms with Crippen LogP contribution in [0.2, 0.25) is 0 Å². The van der Waals surface area contributed by atoms with Gasteiger partial charge in [-0.3, -0.25) is 24.1 Å². The van der Waals surface area contributed by atoms with E-state index in [2.05, 4.69) is 0 Å². The lowest BCUT2D eigenvalue weighted by Gasteiger charge is -2.32. The van der Waals surface area contributed by atoms with Gasteiger partial charge in [-0.05, 0) is 31.6 Å². The molecule has 1 atom stereocenters. The van der Waals surface area contributed by atoms with Gasteiger partial charge in [0.25, 0.3) is 17.7 Å². The third kappa shape index (κ3) is 3.84. The summed E-state index contributed by atoms with van der Waals surface area (Å²) in [7, 11) is 0. The summed E-state index contributed by atoms with van der Waals surface area (Å²) in [5.74, 6) is -2.06. The first-order chi connectivity index (χ1) is 12.3. The Hall–Kier alpha value is -2.51. The smallest absolute Gasteiger partial charge is 0.335 e. The number of piperidine rings is 1. The number of hydroxylamine groups is 2. The van der Waals surface area contributed by atoms with E-state index in [-0.39, 0.29) is 54.2 Å². The molecule has 0 N–H and O–H groups in total. The van der Waals surface area contributed by atoms with E-state index in [4.69, 9.17) is 4.84 Å². The molecule has 2 heterocycles. The molecule has 1 unspecified atom stereocenters. The van der Waals surface area contributed by atoms with Crippen molar-refractivity contribution in [2.75, 3.05) is 13.1 Å². The molecule has 3 aliphatic rings. The zero-order valence-corrected chi connectivity index (χ0v) is 14.7. The zero-order valence-electron chi connectivity index (χ0n) is 14.7. The van der Waals surface area contributed by atoms with Crippen molar-refractivity contribution >= 4 is 29.5 Å². The first-order valence-corrected chi connectivity index (χ1v) is 8.93. The van der Waals surface area contributed by atoms with Gasteiger partial charge in [-0.1, -0.05) is 6.92 Å². The molecular formula is C18H22N2O6. The van der Waals surface area contributed by atoms with E-state index < -0.39 is 5.97 Å². The molecule has 26 heavy (non-hydrogen) atoms. The second kappa shape index (κ2) is 7.39. The molecule has 2 fully saturated rings. The molecule has 8 heteroatoms. The van der Waals surface area contributed by atoms with Gasteiger partial charge in [-0.2, -0.15) is 5.06 Å². The summed E-state index contributed by atoms with van der Waals surface area (Å²) in [5.41, 5.74) is 0. The fourth-order valence-corrected chi connectivity index (χ4v) is 3.58. The molecule has 0 aromatic rings. The second-order valence-corrected chi connectivity index (χ2v) is 7.25. The lowest BCUT2D eigenvalue weighted by molar-refractivity contribution is -0.207. The lowest BCUT2D eigenvalue weighted by atomic mass is 9.82. The van der Waals surface area contributed by atoms with Crippen molar-refractivity contribution in [3.05, 3.63) is 12.2 Å². The van der Waals surface area contributed by atoms with E-state index in [0.717, 1.165) is 5.06 Å². The summed E-state index contributed by atoms with van der Waals surface area (Å²) in [5, 5.41) is 0.879. The van der Waals surface area contributed by atoms with E-state index in [9.17, 15) is 24.0 Å². The normalized spacial score (nSPS) is 29.5. The first-order valence-electron chi connectivity index (χ1n) is 8.93. The lowest BCUT2D eigenvalue weighted by Crippen LogP contribution is -2.46. The Balaban J connectivity index is 1.46. The number of carbonyl (C=O) groups is 5. The minimum Gasteiger partial charge on any atom is -0.337 e. The number of carbonyl (C=O) groups excluding carboxylic acids is 5. The fraction of sp³-hybridized carbons (Fsp3) is 0.611. The van der Waals surface area contributed by atoms with Gasteiger partial charge < -0.3 is 4.84 Å². The van der Waals surface area contributed by atoms with Crippen molar-refractivity contribution in [2.45, 2.75) is 39.0 Å². The Kier molecular flexibility index (Phi) is 5.20. The standard InChI is InChI=1S/C18H22N2O6/c1-11-8-17(24)20(10-14(11)21)26-18(25)13-4-2-12(3-5-13)9-19-15(22)6-7-16(19)23/h6-7,11-13H,2-5,8-10H2,1H3. The van der Waals surface area contributed by atoms with E-state index in [1.165, 1.54) is 17.1 Å². The highest BCUT2D eigenvalue weighted by atomic mass is 16.7. The number of imide groups is 1. The maximum atomic E-state index is 12.3. The van der Waals surface area contributed by atoms with Crippen molar-refractivity contribution in [1.29, 1.82) is 0 Å². The maximum Gasteiger partial charge on any atom is 0.335 e. The van der Waals surface area contributed by atoms with Crippen LogP contribution in [0.5, 0.6) is 0 Å². The largest absolute Gasteiger partial charge is 0.337 e. The predicted octanol–water partition coefficient (Wildman–Crippen LogP) is 0.614. The first kappa shape index (κ1) is 18.3. The number of rotatable bonds is 4. The minimum absolute atomic E-state index is 0.0603. The summed E-state index contributed by atoms with van der Waals surface area (Å²) < 4.78 is 0. The van der Waals surface area contributed by atoms with Crippen molar-refractivity contribution in [3.8, 4) is 0 Å². The number of amides is 3. The summed E-state index contributed by atoms with van der Waals surface area (Å²) >= 11 is 0. The summed E-state index contributed by atoms with van der Waals surface area (Å²) in [4.78, 5) is 65.5. The van der Waals surface area contributed by atoms with E-state index in [1.54, 1.807) is 6.92 Å². The number of hydrogen-bond donors (Lipinski definition) is 0. The van der Waals surface area contributed by atoms with Gasteiger partial charge in [0.1, 0.15) is 6.54 Å². The number of hydrogen-bond acceptors (Lipinski definition) is 6. The molecule has 0 aromatic carbocycles. The van der Waals surface area contributed by atoms with Gasteiger partial charge in [0.2, 0.25) is 0 Å². The van der Waals surface area contributed by atoms with E-state index in [1.807, 2.05) is 0 Å². The highest BCUT2D eigenvalue weighted by molar-refractivity contribution is 6.12. The molecule has 3 rings (SSSR count). The molecule has 3 amide bonds.